The molecule has 0 bridgehead atoms. The van der Waals surface area contributed by atoms with E-state index in [1.807, 2.05) is 0 Å². The molecule has 1 aromatic rings. The van der Waals surface area contributed by atoms with E-state index in [4.69, 9.17) is 5.14 Å². The van der Waals surface area contributed by atoms with Gasteiger partial charge in [-0.1, -0.05) is 12.1 Å². The van der Waals surface area contributed by atoms with Crippen LogP contribution in [-0.2, 0) is 25.8 Å². The Morgan fingerprint density at radius 2 is 1.61 bits per heavy atom. The third kappa shape index (κ3) is 4.63. The summed E-state index contributed by atoms with van der Waals surface area (Å²) in [5.41, 5.74) is 0.895. The van der Waals surface area contributed by atoms with Crippen LogP contribution in [0, 0.1) is 0 Å². The van der Waals surface area contributed by atoms with Crippen molar-refractivity contribution < 1.29 is 16.8 Å². The number of hydrogen-bond donors (Lipinski definition) is 2. The maximum Gasteiger partial charge on any atom is 0.235 e. The Kier molecular flexibility index (Phi) is 4.36. The van der Waals surface area contributed by atoms with E-state index in [1.165, 1.54) is 24.3 Å². The van der Waals surface area contributed by atoms with E-state index < -0.39 is 25.3 Å². The fraction of sp³-hybridized carbons (Fsp3) is 0.400. The van der Waals surface area contributed by atoms with E-state index in [-0.39, 0.29) is 5.75 Å². The molecule has 0 saturated heterocycles. The first-order valence-electron chi connectivity index (χ1n) is 5.21. The van der Waals surface area contributed by atoms with E-state index in [9.17, 15) is 16.8 Å². The van der Waals surface area contributed by atoms with Gasteiger partial charge in [0, 0.05) is 5.69 Å². The maximum absolute atomic E-state index is 11.6. The molecule has 0 heterocycles. The van der Waals surface area contributed by atoms with Gasteiger partial charge in [0.25, 0.3) is 0 Å². The number of nitrogens with one attached hydrogen (secondary N) is 1. The highest BCUT2D eigenvalue weighted by molar-refractivity contribution is 7.93. The average Bonchev–Trinajstić information content (AvgIpc) is 2.18. The van der Waals surface area contributed by atoms with E-state index in [2.05, 4.69) is 4.72 Å². The third-order valence-corrected chi connectivity index (χ3v) is 4.70. The standard InChI is InChI=1S/C10H16N2O4S2/c1-8(2)18(15,16)12-10-5-3-9(4-6-10)7-17(11,13)14/h3-6,8,12H,7H2,1-2H3,(H2,11,13,14). The van der Waals surface area contributed by atoms with Crippen LogP contribution < -0.4 is 9.86 Å². The van der Waals surface area contributed by atoms with Gasteiger partial charge in [0.1, 0.15) is 0 Å². The van der Waals surface area contributed by atoms with Crippen molar-refractivity contribution in [1.82, 2.24) is 0 Å². The number of primary sulfonamides is 1. The molecule has 0 spiro atoms. The van der Waals surface area contributed by atoms with E-state index in [0.717, 1.165) is 0 Å². The highest BCUT2D eigenvalue weighted by Crippen LogP contribution is 2.14. The van der Waals surface area contributed by atoms with Gasteiger partial charge in [-0.25, -0.2) is 22.0 Å². The summed E-state index contributed by atoms with van der Waals surface area (Å²) < 4.78 is 47.3. The number of rotatable bonds is 5. The Labute approximate surface area is 107 Å². The first-order chi connectivity index (χ1) is 8.10. The van der Waals surface area contributed by atoms with Crippen molar-refractivity contribution in [2.24, 2.45) is 5.14 Å². The van der Waals surface area contributed by atoms with Gasteiger partial charge < -0.3 is 0 Å². The molecule has 6 nitrogen and oxygen atoms in total. The zero-order chi connectivity index (χ0) is 14.0. The van der Waals surface area contributed by atoms with Crippen molar-refractivity contribution in [2.75, 3.05) is 4.72 Å². The van der Waals surface area contributed by atoms with Crippen LogP contribution in [0.2, 0.25) is 0 Å². The summed E-state index contributed by atoms with van der Waals surface area (Å²) in [4.78, 5) is 0. The van der Waals surface area contributed by atoms with Crippen molar-refractivity contribution >= 4 is 25.7 Å². The summed E-state index contributed by atoms with van der Waals surface area (Å²) in [5.74, 6) is -0.274. The van der Waals surface area contributed by atoms with Crippen molar-refractivity contribution in [3.63, 3.8) is 0 Å². The SMILES string of the molecule is CC(C)S(=O)(=O)Nc1ccc(CS(N)(=O)=O)cc1. The second kappa shape index (κ2) is 5.25. The lowest BCUT2D eigenvalue weighted by molar-refractivity contribution is 0.592. The van der Waals surface area contributed by atoms with Gasteiger partial charge in [0.05, 0.1) is 11.0 Å². The highest BCUT2D eigenvalue weighted by atomic mass is 32.2. The lowest BCUT2D eigenvalue weighted by atomic mass is 10.2. The van der Waals surface area contributed by atoms with E-state index >= 15 is 0 Å². The highest BCUT2D eigenvalue weighted by Gasteiger charge is 2.15. The summed E-state index contributed by atoms with van der Waals surface area (Å²) >= 11 is 0. The summed E-state index contributed by atoms with van der Waals surface area (Å²) in [6, 6.07) is 6.03. The molecular formula is C10H16N2O4S2. The molecule has 0 aliphatic rings. The molecular weight excluding hydrogens is 276 g/mol. The van der Waals surface area contributed by atoms with Crippen LogP contribution in [0.4, 0.5) is 5.69 Å². The van der Waals surface area contributed by atoms with E-state index in [0.29, 0.717) is 11.3 Å². The number of hydrogen-bond acceptors (Lipinski definition) is 4. The molecule has 0 radical (unpaired) electrons. The van der Waals surface area contributed by atoms with Crippen molar-refractivity contribution in [1.29, 1.82) is 0 Å². The molecule has 1 rings (SSSR count). The average molecular weight is 292 g/mol. The minimum atomic E-state index is -3.58. The molecule has 8 heteroatoms. The second-order valence-electron chi connectivity index (χ2n) is 4.20. The zero-order valence-corrected chi connectivity index (χ0v) is 11.8. The van der Waals surface area contributed by atoms with Crippen LogP contribution in [0.1, 0.15) is 19.4 Å². The molecule has 3 N–H and O–H groups in total. The summed E-state index contributed by atoms with van der Waals surface area (Å²) in [5, 5.41) is 4.37. The van der Waals surface area contributed by atoms with Gasteiger partial charge in [-0.05, 0) is 31.5 Å². The Balaban J connectivity index is 2.85. The minimum absolute atomic E-state index is 0.274. The number of sulfonamides is 2. The molecule has 18 heavy (non-hydrogen) atoms. The van der Waals surface area contributed by atoms with Crippen molar-refractivity contribution in [2.45, 2.75) is 24.9 Å². The van der Waals surface area contributed by atoms with Gasteiger partial charge in [-0.2, -0.15) is 0 Å². The van der Waals surface area contributed by atoms with Crippen LogP contribution in [0.25, 0.3) is 0 Å². The number of anilines is 1. The molecule has 0 saturated carbocycles. The number of benzene rings is 1. The topological polar surface area (TPSA) is 106 Å². The lowest BCUT2D eigenvalue weighted by Gasteiger charge is -2.11. The van der Waals surface area contributed by atoms with Gasteiger partial charge in [0.2, 0.25) is 20.0 Å². The first-order valence-corrected chi connectivity index (χ1v) is 8.47. The zero-order valence-electron chi connectivity index (χ0n) is 10.1. The predicted molar refractivity (Wildman–Crippen MR) is 70.9 cm³/mol. The Bertz CT molecular complexity index is 604. The molecule has 0 fully saturated rings. The Morgan fingerprint density at radius 3 is 2.00 bits per heavy atom. The van der Waals surface area contributed by atoms with Gasteiger partial charge in [-0.3, -0.25) is 4.72 Å². The monoisotopic (exact) mass is 292 g/mol. The van der Waals surface area contributed by atoms with Crippen LogP contribution in [0.5, 0.6) is 0 Å². The maximum atomic E-state index is 11.6. The lowest BCUT2D eigenvalue weighted by Crippen LogP contribution is -2.22. The van der Waals surface area contributed by atoms with E-state index in [1.54, 1.807) is 13.8 Å². The quantitative estimate of drug-likeness (QED) is 0.829. The Hall–Kier alpha value is -1.12. The number of nitrogens with two attached hydrogens (primary N) is 1. The summed E-state index contributed by atoms with van der Waals surface area (Å²) in [7, 11) is -6.97. The molecule has 0 atom stereocenters. The molecule has 102 valence electrons. The Morgan fingerprint density at radius 1 is 1.11 bits per heavy atom. The van der Waals surface area contributed by atoms with Crippen LogP contribution in [0.15, 0.2) is 24.3 Å². The van der Waals surface area contributed by atoms with Crippen molar-refractivity contribution in [3.05, 3.63) is 29.8 Å². The van der Waals surface area contributed by atoms with Crippen molar-refractivity contribution in [3.8, 4) is 0 Å². The smallest absolute Gasteiger partial charge is 0.235 e. The fourth-order valence-corrected chi connectivity index (χ4v) is 2.54. The molecule has 0 aromatic heterocycles. The van der Waals surface area contributed by atoms with Gasteiger partial charge in [0.15, 0.2) is 0 Å². The summed E-state index contributed by atoms with van der Waals surface area (Å²) in [6.07, 6.45) is 0. The largest absolute Gasteiger partial charge is 0.283 e. The second-order valence-corrected chi connectivity index (χ2v) is 8.05. The molecule has 0 unspecified atom stereocenters. The predicted octanol–water partition coefficient (Wildman–Crippen LogP) is 0.625. The first kappa shape index (κ1) is 14.9. The minimum Gasteiger partial charge on any atom is -0.283 e. The fourth-order valence-electron chi connectivity index (χ4n) is 1.18. The molecule has 1 aromatic carbocycles. The molecule has 0 aliphatic heterocycles. The summed E-state index contributed by atoms with van der Waals surface area (Å²) in [6.45, 7) is 3.13. The molecule has 0 amide bonds. The van der Waals surface area contributed by atoms with Crippen LogP contribution >= 0.6 is 0 Å². The van der Waals surface area contributed by atoms with Gasteiger partial charge >= 0.3 is 0 Å². The normalized spacial score (nSPS) is 12.7. The van der Waals surface area contributed by atoms with Crippen LogP contribution in [-0.4, -0.2) is 22.1 Å². The third-order valence-electron chi connectivity index (χ3n) is 2.20. The molecule has 0 aliphatic carbocycles. The van der Waals surface area contributed by atoms with Gasteiger partial charge in [-0.15, -0.1) is 0 Å². The van der Waals surface area contributed by atoms with Crippen LogP contribution in [0.3, 0.4) is 0 Å².